The molecule has 0 unspecified atom stereocenters. The fourth-order valence-corrected chi connectivity index (χ4v) is 2.40. The Kier molecular flexibility index (Phi) is 4.79. The quantitative estimate of drug-likeness (QED) is 0.670. The molecule has 1 N–H and O–H groups in total. The molecule has 1 aromatic carbocycles. The number of phenolic OH excluding ortho intramolecular Hbond substituents is 1. The minimum atomic E-state index is -0.406. The van der Waals surface area contributed by atoms with E-state index in [1.54, 1.807) is 25.1 Å². The zero-order valence-corrected chi connectivity index (χ0v) is 14.0. The Morgan fingerprint density at radius 2 is 2.20 bits per heavy atom. The van der Waals surface area contributed by atoms with Crippen molar-refractivity contribution >= 4 is 12.0 Å². The lowest BCUT2D eigenvalue weighted by Gasteiger charge is -2.08. The SMILES string of the molecule is C=C(C)C(=O)OCCc1ccc(O)c(-n2nc3c(n2)CC=CC=C3)c1. The number of hydrogen-bond donors (Lipinski definition) is 1. The molecule has 0 aliphatic heterocycles. The summed E-state index contributed by atoms with van der Waals surface area (Å²) in [5.41, 5.74) is 3.41. The molecular formula is C19H19N3O3. The Labute approximate surface area is 145 Å². The van der Waals surface area contributed by atoms with E-state index in [-0.39, 0.29) is 12.4 Å². The number of aromatic nitrogens is 3. The molecule has 1 aliphatic rings. The Bertz CT molecular complexity index is 878. The summed E-state index contributed by atoms with van der Waals surface area (Å²) in [6, 6.07) is 5.17. The van der Waals surface area contributed by atoms with Crippen LogP contribution in [0.15, 0.2) is 48.6 Å². The van der Waals surface area contributed by atoms with Crippen molar-refractivity contribution in [1.82, 2.24) is 15.0 Å². The topological polar surface area (TPSA) is 77.2 Å². The number of fused-ring (bicyclic) bond motifs is 1. The smallest absolute Gasteiger partial charge is 0.333 e. The predicted molar refractivity (Wildman–Crippen MR) is 94.4 cm³/mol. The first-order valence-corrected chi connectivity index (χ1v) is 7.99. The zero-order chi connectivity index (χ0) is 17.8. The third-order valence-corrected chi connectivity index (χ3v) is 3.75. The second kappa shape index (κ2) is 7.17. The van der Waals surface area contributed by atoms with Gasteiger partial charge < -0.3 is 9.84 Å². The Morgan fingerprint density at radius 1 is 1.36 bits per heavy atom. The molecule has 0 spiro atoms. The Hall–Kier alpha value is -3.15. The number of esters is 1. The molecule has 0 radical (unpaired) electrons. The van der Waals surface area contributed by atoms with Gasteiger partial charge in [0.05, 0.1) is 12.3 Å². The molecule has 0 atom stereocenters. The van der Waals surface area contributed by atoms with Crippen LogP contribution in [-0.2, 0) is 22.4 Å². The first kappa shape index (κ1) is 16.7. The van der Waals surface area contributed by atoms with Gasteiger partial charge in [0, 0.05) is 18.4 Å². The van der Waals surface area contributed by atoms with Gasteiger partial charge in [-0.25, -0.2) is 4.79 Å². The van der Waals surface area contributed by atoms with Crippen molar-refractivity contribution in [2.45, 2.75) is 19.8 Å². The standard InChI is InChI=1S/C19H19N3O3/c1-13(2)19(24)25-11-10-14-8-9-18(23)17(12-14)22-20-15-6-4-3-5-7-16(15)21-22/h3-6,8-9,12,23H,1,7,10-11H2,2H3. The summed E-state index contributed by atoms with van der Waals surface area (Å²) in [5.74, 6) is -0.316. The van der Waals surface area contributed by atoms with Crippen molar-refractivity contribution in [3.05, 3.63) is 65.5 Å². The summed E-state index contributed by atoms with van der Waals surface area (Å²) in [7, 11) is 0. The maximum absolute atomic E-state index is 11.4. The minimum absolute atomic E-state index is 0.0901. The molecule has 1 heterocycles. The highest BCUT2D eigenvalue weighted by Gasteiger charge is 2.13. The van der Waals surface area contributed by atoms with Crippen molar-refractivity contribution in [1.29, 1.82) is 0 Å². The van der Waals surface area contributed by atoms with E-state index in [1.165, 1.54) is 4.80 Å². The van der Waals surface area contributed by atoms with Crippen molar-refractivity contribution in [2.24, 2.45) is 0 Å². The minimum Gasteiger partial charge on any atom is -0.506 e. The second-order valence-corrected chi connectivity index (χ2v) is 5.80. The molecule has 0 bridgehead atoms. The Morgan fingerprint density at radius 3 is 3.00 bits per heavy atom. The van der Waals surface area contributed by atoms with Crippen LogP contribution in [0.5, 0.6) is 5.75 Å². The maximum Gasteiger partial charge on any atom is 0.333 e. The number of allylic oxidation sites excluding steroid dienone is 3. The van der Waals surface area contributed by atoms with Crippen LogP contribution in [0, 0.1) is 0 Å². The molecule has 1 aliphatic carbocycles. The van der Waals surface area contributed by atoms with Crippen LogP contribution in [0.4, 0.5) is 0 Å². The molecule has 128 valence electrons. The molecule has 6 nitrogen and oxygen atoms in total. The molecule has 0 amide bonds. The molecule has 1 aromatic heterocycles. The first-order chi connectivity index (χ1) is 12.0. The van der Waals surface area contributed by atoms with Crippen LogP contribution >= 0.6 is 0 Å². The summed E-state index contributed by atoms with van der Waals surface area (Å²) in [4.78, 5) is 12.9. The molecule has 3 rings (SSSR count). The average Bonchev–Trinajstić information content (AvgIpc) is 2.86. The van der Waals surface area contributed by atoms with E-state index in [2.05, 4.69) is 16.8 Å². The van der Waals surface area contributed by atoms with E-state index in [1.807, 2.05) is 24.3 Å². The highest BCUT2D eigenvalue weighted by atomic mass is 16.5. The van der Waals surface area contributed by atoms with Crippen molar-refractivity contribution in [3.8, 4) is 11.4 Å². The molecule has 0 saturated carbocycles. The van der Waals surface area contributed by atoms with Crippen molar-refractivity contribution < 1.29 is 14.6 Å². The maximum atomic E-state index is 11.4. The van der Waals surface area contributed by atoms with Crippen LogP contribution in [0.25, 0.3) is 11.8 Å². The van der Waals surface area contributed by atoms with E-state index in [0.717, 1.165) is 17.0 Å². The predicted octanol–water partition coefficient (Wildman–Crippen LogP) is 2.76. The van der Waals surface area contributed by atoms with Gasteiger partial charge in [0.25, 0.3) is 0 Å². The van der Waals surface area contributed by atoms with Crippen LogP contribution in [-0.4, -0.2) is 32.7 Å². The van der Waals surface area contributed by atoms with Crippen LogP contribution in [0.3, 0.4) is 0 Å². The number of hydrogen-bond acceptors (Lipinski definition) is 5. The highest BCUT2D eigenvalue weighted by Crippen LogP contribution is 2.23. The number of ether oxygens (including phenoxy) is 1. The van der Waals surface area contributed by atoms with Gasteiger partial charge in [-0.3, -0.25) is 0 Å². The van der Waals surface area contributed by atoms with E-state index >= 15 is 0 Å². The lowest BCUT2D eigenvalue weighted by Crippen LogP contribution is -2.08. The summed E-state index contributed by atoms with van der Waals surface area (Å²) >= 11 is 0. The number of rotatable bonds is 5. The fraction of sp³-hybridized carbons (Fsp3) is 0.211. The second-order valence-electron chi connectivity index (χ2n) is 5.80. The van der Waals surface area contributed by atoms with Gasteiger partial charge in [-0.05, 0) is 30.7 Å². The van der Waals surface area contributed by atoms with Crippen molar-refractivity contribution in [2.75, 3.05) is 6.61 Å². The van der Waals surface area contributed by atoms with Crippen LogP contribution in [0.2, 0.25) is 0 Å². The number of phenols is 1. The molecule has 2 aromatic rings. The van der Waals surface area contributed by atoms with E-state index in [4.69, 9.17) is 4.74 Å². The lowest BCUT2D eigenvalue weighted by atomic mass is 10.1. The highest BCUT2D eigenvalue weighted by molar-refractivity contribution is 5.86. The van der Waals surface area contributed by atoms with Gasteiger partial charge in [0.1, 0.15) is 17.1 Å². The van der Waals surface area contributed by atoms with Crippen molar-refractivity contribution in [3.63, 3.8) is 0 Å². The molecule has 0 saturated heterocycles. The van der Waals surface area contributed by atoms with Gasteiger partial charge >= 0.3 is 5.97 Å². The summed E-state index contributed by atoms with van der Waals surface area (Å²) in [6.07, 6.45) is 8.98. The van der Waals surface area contributed by atoms with Gasteiger partial charge in [0.15, 0.2) is 0 Å². The summed E-state index contributed by atoms with van der Waals surface area (Å²) in [5, 5.41) is 19.1. The number of nitrogens with zero attached hydrogens (tertiary/aromatic N) is 3. The number of aromatic hydroxyl groups is 1. The Balaban J connectivity index is 1.78. The van der Waals surface area contributed by atoms with Gasteiger partial charge in [-0.1, -0.05) is 30.9 Å². The van der Waals surface area contributed by atoms with Gasteiger partial charge in [0.2, 0.25) is 0 Å². The van der Waals surface area contributed by atoms with E-state index in [9.17, 15) is 9.90 Å². The molecular weight excluding hydrogens is 318 g/mol. The summed E-state index contributed by atoms with van der Waals surface area (Å²) in [6.45, 7) is 5.40. The number of benzene rings is 1. The third kappa shape index (κ3) is 3.85. The lowest BCUT2D eigenvalue weighted by molar-refractivity contribution is -0.138. The van der Waals surface area contributed by atoms with E-state index < -0.39 is 5.97 Å². The monoisotopic (exact) mass is 337 g/mol. The average molecular weight is 337 g/mol. The fourth-order valence-electron chi connectivity index (χ4n) is 2.40. The van der Waals surface area contributed by atoms with Crippen LogP contribution < -0.4 is 0 Å². The zero-order valence-electron chi connectivity index (χ0n) is 14.0. The molecule has 0 fully saturated rings. The first-order valence-electron chi connectivity index (χ1n) is 7.99. The molecule has 25 heavy (non-hydrogen) atoms. The van der Waals surface area contributed by atoms with Gasteiger partial charge in [-0.15, -0.1) is 9.90 Å². The third-order valence-electron chi connectivity index (χ3n) is 3.75. The number of carbonyl (C=O) groups is 1. The van der Waals surface area contributed by atoms with Crippen LogP contribution in [0.1, 0.15) is 23.9 Å². The normalized spacial score (nSPS) is 12.5. The molecule has 6 heteroatoms. The number of carbonyl (C=O) groups excluding carboxylic acids is 1. The van der Waals surface area contributed by atoms with E-state index in [0.29, 0.717) is 24.1 Å². The van der Waals surface area contributed by atoms with Gasteiger partial charge in [-0.2, -0.15) is 5.10 Å². The summed E-state index contributed by atoms with van der Waals surface area (Å²) < 4.78 is 5.11. The largest absolute Gasteiger partial charge is 0.506 e.